The van der Waals surface area contributed by atoms with Crippen LogP contribution in [-0.4, -0.2) is 32.8 Å². The Morgan fingerprint density at radius 1 is 1.26 bits per heavy atom. The zero-order valence-corrected chi connectivity index (χ0v) is 17.7. The molecule has 162 valence electrons. The molecule has 0 saturated carbocycles. The maximum absolute atomic E-state index is 13.2. The van der Waals surface area contributed by atoms with E-state index in [1.165, 1.54) is 30.3 Å². The Bertz CT molecular complexity index is 1130. The van der Waals surface area contributed by atoms with Crippen molar-refractivity contribution in [2.24, 2.45) is 0 Å². The Morgan fingerprint density at radius 3 is 2.52 bits per heavy atom. The van der Waals surface area contributed by atoms with E-state index in [2.05, 4.69) is 23.1 Å². The van der Waals surface area contributed by atoms with Crippen LogP contribution in [-0.2, 0) is 21.3 Å². The van der Waals surface area contributed by atoms with E-state index in [0.29, 0.717) is 11.0 Å². The highest BCUT2D eigenvalue weighted by atomic mass is 35.5. The van der Waals surface area contributed by atoms with Gasteiger partial charge in [0.25, 0.3) is 5.91 Å². The van der Waals surface area contributed by atoms with Gasteiger partial charge in [0.2, 0.25) is 5.91 Å². The van der Waals surface area contributed by atoms with Gasteiger partial charge in [-0.05, 0) is 35.9 Å². The third-order valence-electron chi connectivity index (χ3n) is 3.94. The number of carbonyl (C=O) groups excluding carboxylic acids is 2. The molecule has 2 amide bonds. The van der Waals surface area contributed by atoms with E-state index in [1.807, 2.05) is 0 Å². The molecule has 0 aromatic heterocycles. The lowest BCUT2D eigenvalue weighted by Crippen LogP contribution is -2.48. The molecule has 0 saturated heterocycles. The number of hydrogen-bond acceptors (Lipinski definition) is 5. The van der Waals surface area contributed by atoms with Gasteiger partial charge < -0.3 is 14.8 Å². The first-order valence-electron chi connectivity index (χ1n) is 8.78. The van der Waals surface area contributed by atoms with Crippen molar-refractivity contribution >= 4 is 33.5 Å². The zero-order chi connectivity index (χ0) is 23.0. The summed E-state index contributed by atoms with van der Waals surface area (Å²) in [7, 11) is -3.90. The van der Waals surface area contributed by atoms with E-state index < -0.39 is 33.8 Å². The fourth-order valence-electron chi connectivity index (χ4n) is 2.47. The van der Waals surface area contributed by atoms with Gasteiger partial charge in [-0.25, -0.2) is 4.39 Å². The molecule has 0 unspecified atom stereocenters. The summed E-state index contributed by atoms with van der Waals surface area (Å²) in [6.45, 7) is 3.10. The van der Waals surface area contributed by atoms with Crippen LogP contribution in [0.2, 0.25) is 5.02 Å². The maximum Gasteiger partial charge on any atom is 0.331 e. The number of amides is 2. The highest BCUT2D eigenvalue weighted by Gasteiger charge is 2.23. The van der Waals surface area contributed by atoms with Crippen molar-refractivity contribution in [3.05, 3.63) is 76.4 Å². The molecule has 2 rings (SSSR count). The Hall–Kier alpha value is -3.35. The number of halogens is 2. The van der Waals surface area contributed by atoms with Crippen LogP contribution in [0.25, 0.3) is 0 Å². The molecule has 2 aromatic carbocycles. The summed E-state index contributed by atoms with van der Waals surface area (Å²) >= 11 is 5.92. The summed E-state index contributed by atoms with van der Waals surface area (Å²) in [6.07, 6.45) is 5.21. The van der Waals surface area contributed by atoms with Gasteiger partial charge in [-0.2, -0.15) is 8.42 Å². The Labute approximate surface area is 184 Å². The van der Waals surface area contributed by atoms with Crippen LogP contribution in [0.1, 0.15) is 15.9 Å². The summed E-state index contributed by atoms with van der Waals surface area (Å²) < 4.78 is 40.9. The van der Waals surface area contributed by atoms with E-state index in [4.69, 9.17) is 22.2 Å². The molecule has 2 aromatic rings. The summed E-state index contributed by atoms with van der Waals surface area (Å²) in [6, 6.07) is 8.08. The van der Waals surface area contributed by atoms with Gasteiger partial charge in [0.05, 0.1) is 22.5 Å². The number of benzene rings is 2. The van der Waals surface area contributed by atoms with Crippen LogP contribution < -0.4 is 14.8 Å². The lowest BCUT2D eigenvalue weighted by molar-refractivity contribution is -0.122. The molecule has 7 nitrogen and oxygen atoms in total. The molecule has 0 aliphatic heterocycles. The molecular formula is C21H18ClFN2O5S. The van der Waals surface area contributed by atoms with Gasteiger partial charge in [0.1, 0.15) is 17.6 Å². The maximum atomic E-state index is 13.2. The predicted octanol–water partition coefficient (Wildman–Crippen LogP) is 2.42. The summed E-state index contributed by atoms with van der Waals surface area (Å²) in [5, 5.41) is 5.59. The van der Waals surface area contributed by atoms with E-state index in [0.717, 1.165) is 12.1 Å². The first-order chi connectivity index (χ1) is 14.6. The van der Waals surface area contributed by atoms with Gasteiger partial charge in [-0.1, -0.05) is 36.2 Å². The second-order valence-corrected chi connectivity index (χ2v) is 8.06. The minimum absolute atomic E-state index is 0.00352. The molecule has 0 heterocycles. The van der Waals surface area contributed by atoms with Gasteiger partial charge >= 0.3 is 10.1 Å². The average Bonchev–Trinajstić information content (AvgIpc) is 2.72. The summed E-state index contributed by atoms with van der Waals surface area (Å²) in [5.41, 5.74) is 0.589. The van der Waals surface area contributed by atoms with E-state index in [9.17, 15) is 22.4 Å². The highest BCUT2D eigenvalue weighted by molar-refractivity contribution is 7.90. The van der Waals surface area contributed by atoms with Crippen LogP contribution in [0.15, 0.2) is 54.5 Å². The highest BCUT2D eigenvalue weighted by Crippen LogP contribution is 2.19. The molecule has 0 fully saturated rings. The third kappa shape index (κ3) is 7.13. The SMILES string of the molecule is C#CCNC(=O)[C@H](Cc1ccc(OS(=O)(=O)C=C)cc1)NC(=O)c1ccc(F)cc1Cl. The Balaban J connectivity index is 2.20. The molecule has 31 heavy (non-hydrogen) atoms. The Kier molecular flexibility index (Phi) is 8.19. The average molecular weight is 465 g/mol. The van der Waals surface area contributed by atoms with Crippen molar-refractivity contribution in [1.82, 2.24) is 10.6 Å². The van der Waals surface area contributed by atoms with Crippen LogP contribution >= 0.6 is 11.6 Å². The van der Waals surface area contributed by atoms with Crippen molar-refractivity contribution in [2.75, 3.05) is 6.54 Å². The normalized spacial score (nSPS) is 11.6. The topological polar surface area (TPSA) is 102 Å². The van der Waals surface area contributed by atoms with Crippen molar-refractivity contribution in [3.8, 4) is 18.1 Å². The lowest BCUT2D eigenvalue weighted by atomic mass is 10.0. The molecule has 0 radical (unpaired) electrons. The Morgan fingerprint density at radius 2 is 1.94 bits per heavy atom. The van der Waals surface area contributed by atoms with Crippen molar-refractivity contribution in [1.29, 1.82) is 0 Å². The molecule has 0 bridgehead atoms. The van der Waals surface area contributed by atoms with Crippen LogP contribution in [0.4, 0.5) is 4.39 Å². The van der Waals surface area contributed by atoms with Gasteiger partial charge in [-0.3, -0.25) is 9.59 Å². The number of carbonyl (C=O) groups is 2. The fraction of sp³-hybridized carbons (Fsp3) is 0.143. The quantitative estimate of drug-likeness (QED) is 0.438. The van der Waals surface area contributed by atoms with Crippen LogP contribution in [0.3, 0.4) is 0 Å². The molecule has 10 heteroatoms. The monoisotopic (exact) mass is 464 g/mol. The molecule has 0 aliphatic carbocycles. The standard InChI is InChI=1S/C21H18ClFN2O5S/c1-3-11-24-21(27)19(25-20(26)17-10-7-15(23)13-18(17)22)12-14-5-8-16(9-6-14)30-31(28,29)4-2/h1,4-10,13,19H,2,11-12H2,(H,24,27)(H,25,26)/t19-/m0/s1. The van der Waals surface area contributed by atoms with E-state index >= 15 is 0 Å². The van der Waals surface area contributed by atoms with Crippen LogP contribution in [0, 0.1) is 18.2 Å². The predicted molar refractivity (Wildman–Crippen MR) is 114 cm³/mol. The number of rotatable bonds is 9. The smallest absolute Gasteiger partial charge is 0.331 e. The lowest BCUT2D eigenvalue weighted by Gasteiger charge is -2.18. The molecule has 1 atom stereocenters. The van der Waals surface area contributed by atoms with Crippen molar-refractivity contribution in [3.63, 3.8) is 0 Å². The second kappa shape index (κ2) is 10.6. The summed E-state index contributed by atoms with van der Waals surface area (Å²) in [5.74, 6) is 0.492. The number of terminal acetylenes is 1. The zero-order valence-electron chi connectivity index (χ0n) is 16.1. The minimum Gasteiger partial charge on any atom is -0.379 e. The largest absolute Gasteiger partial charge is 0.379 e. The first kappa shape index (κ1) is 23.9. The minimum atomic E-state index is -3.90. The number of nitrogens with one attached hydrogen (secondary N) is 2. The first-order valence-corrected chi connectivity index (χ1v) is 10.6. The van der Waals surface area contributed by atoms with Gasteiger partial charge in [0, 0.05) is 6.42 Å². The second-order valence-electron chi connectivity index (χ2n) is 6.16. The van der Waals surface area contributed by atoms with E-state index in [-0.39, 0.29) is 29.3 Å². The molecule has 0 aliphatic rings. The molecular weight excluding hydrogens is 447 g/mol. The number of hydrogen-bond donors (Lipinski definition) is 2. The van der Waals surface area contributed by atoms with Crippen LogP contribution in [0.5, 0.6) is 5.75 Å². The van der Waals surface area contributed by atoms with E-state index in [1.54, 1.807) is 0 Å². The fourth-order valence-corrected chi connectivity index (χ4v) is 3.17. The van der Waals surface area contributed by atoms with Gasteiger partial charge in [0.15, 0.2) is 0 Å². The third-order valence-corrected chi connectivity index (χ3v) is 5.09. The molecule has 2 N–H and O–H groups in total. The van der Waals surface area contributed by atoms with Gasteiger partial charge in [-0.15, -0.1) is 6.42 Å². The van der Waals surface area contributed by atoms with Crippen molar-refractivity contribution in [2.45, 2.75) is 12.5 Å². The summed E-state index contributed by atoms with van der Waals surface area (Å²) in [4.78, 5) is 25.0. The molecule has 0 spiro atoms. The van der Waals surface area contributed by atoms with Crippen molar-refractivity contribution < 1.29 is 26.6 Å².